The Morgan fingerprint density at radius 2 is 2.11 bits per heavy atom. The van der Waals surface area contributed by atoms with Crippen LogP contribution in [0.3, 0.4) is 0 Å². The quantitative estimate of drug-likeness (QED) is 0.565. The molecule has 0 saturated carbocycles. The molecule has 0 aromatic heterocycles. The van der Waals surface area contributed by atoms with Crippen LogP contribution in [-0.4, -0.2) is 29.7 Å². The molecule has 100 valence electrons. The van der Waals surface area contributed by atoms with Gasteiger partial charge in [0.05, 0.1) is 5.56 Å². The highest BCUT2D eigenvalue weighted by molar-refractivity contribution is 9.09. The standard InChI is InChI=1S/C13H16BrClFNO/c1-17(8-4-2-3-7-14)13(18)11-6-5-10(15)9-12(11)16/h5-6,9H,2-4,7-8H2,1H3. The minimum absolute atomic E-state index is 0.0717. The van der Waals surface area contributed by atoms with Crippen molar-refractivity contribution in [3.05, 3.63) is 34.6 Å². The van der Waals surface area contributed by atoms with E-state index in [1.165, 1.54) is 12.1 Å². The fourth-order valence-electron chi connectivity index (χ4n) is 1.59. The van der Waals surface area contributed by atoms with Crippen molar-refractivity contribution >= 4 is 33.4 Å². The largest absolute Gasteiger partial charge is 0.342 e. The van der Waals surface area contributed by atoms with Crippen molar-refractivity contribution in [1.29, 1.82) is 0 Å². The average molecular weight is 337 g/mol. The molecular formula is C13H16BrClFNO. The molecule has 0 unspecified atom stereocenters. The van der Waals surface area contributed by atoms with E-state index in [9.17, 15) is 9.18 Å². The van der Waals surface area contributed by atoms with Crippen molar-refractivity contribution in [3.63, 3.8) is 0 Å². The molecule has 0 aliphatic carbocycles. The number of carbonyl (C=O) groups is 1. The molecule has 0 N–H and O–H groups in total. The summed E-state index contributed by atoms with van der Waals surface area (Å²) in [5.41, 5.74) is 0.0717. The number of benzene rings is 1. The molecule has 0 bridgehead atoms. The van der Waals surface area contributed by atoms with E-state index in [-0.39, 0.29) is 11.5 Å². The van der Waals surface area contributed by atoms with Crippen LogP contribution in [0.2, 0.25) is 5.02 Å². The van der Waals surface area contributed by atoms with Crippen molar-refractivity contribution in [2.75, 3.05) is 18.9 Å². The zero-order valence-corrected chi connectivity index (χ0v) is 12.6. The van der Waals surface area contributed by atoms with Gasteiger partial charge in [-0.05, 0) is 31.0 Å². The number of hydrogen-bond donors (Lipinski definition) is 0. The third-order valence-corrected chi connectivity index (χ3v) is 3.43. The van der Waals surface area contributed by atoms with E-state index >= 15 is 0 Å². The number of amides is 1. The Morgan fingerprint density at radius 1 is 1.39 bits per heavy atom. The van der Waals surface area contributed by atoms with Crippen LogP contribution >= 0.6 is 27.5 Å². The van der Waals surface area contributed by atoms with E-state index < -0.39 is 5.82 Å². The van der Waals surface area contributed by atoms with Gasteiger partial charge in [0.2, 0.25) is 0 Å². The van der Waals surface area contributed by atoms with Gasteiger partial charge in [0.1, 0.15) is 5.82 Å². The Morgan fingerprint density at radius 3 is 2.72 bits per heavy atom. The number of halogens is 3. The zero-order valence-electron chi connectivity index (χ0n) is 10.3. The van der Waals surface area contributed by atoms with Crippen molar-refractivity contribution in [3.8, 4) is 0 Å². The van der Waals surface area contributed by atoms with Gasteiger partial charge in [-0.15, -0.1) is 0 Å². The Hall–Kier alpha value is -0.610. The monoisotopic (exact) mass is 335 g/mol. The van der Waals surface area contributed by atoms with Gasteiger partial charge >= 0.3 is 0 Å². The molecule has 0 radical (unpaired) electrons. The molecule has 0 heterocycles. The van der Waals surface area contributed by atoms with Crippen LogP contribution in [0.25, 0.3) is 0 Å². The zero-order chi connectivity index (χ0) is 13.5. The Labute approximate surface area is 120 Å². The molecule has 18 heavy (non-hydrogen) atoms. The molecule has 1 amide bonds. The molecule has 5 heteroatoms. The molecule has 1 aromatic carbocycles. The SMILES string of the molecule is CN(CCCCCBr)C(=O)c1ccc(Cl)cc1F. The third-order valence-electron chi connectivity index (χ3n) is 2.64. The van der Waals surface area contributed by atoms with Crippen LogP contribution in [0.15, 0.2) is 18.2 Å². The van der Waals surface area contributed by atoms with Crippen LogP contribution in [0, 0.1) is 5.82 Å². The first-order chi connectivity index (χ1) is 8.56. The van der Waals surface area contributed by atoms with Gasteiger partial charge in [-0.25, -0.2) is 4.39 Å². The second-order valence-electron chi connectivity index (χ2n) is 4.10. The molecule has 1 rings (SSSR count). The fraction of sp³-hybridized carbons (Fsp3) is 0.462. The molecule has 0 atom stereocenters. The van der Waals surface area contributed by atoms with Crippen molar-refractivity contribution in [1.82, 2.24) is 4.90 Å². The van der Waals surface area contributed by atoms with Crippen LogP contribution in [0.1, 0.15) is 29.6 Å². The average Bonchev–Trinajstić information content (AvgIpc) is 2.33. The predicted octanol–water partition coefficient (Wildman–Crippen LogP) is 4.12. The van der Waals surface area contributed by atoms with Crippen molar-refractivity contribution < 1.29 is 9.18 Å². The summed E-state index contributed by atoms with van der Waals surface area (Å²) >= 11 is 9.01. The van der Waals surface area contributed by atoms with Crippen LogP contribution in [0.5, 0.6) is 0 Å². The lowest BCUT2D eigenvalue weighted by Crippen LogP contribution is -2.28. The first-order valence-electron chi connectivity index (χ1n) is 5.82. The van der Waals surface area contributed by atoms with E-state index in [1.807, 2.05) is 0 Å². The number of alkyl halides is 1. The molecular weight excluding hydrogens is 321 g/mol. The first-order valence-corrected chi connectivity index (χ1v) is 7.32. The van der Waals surface area contributed by atoms with Crippen molar-refractivity contribution in [2.45, 2.75) is 19.3 Å². The number of nitrogens with zero attached hydrogens (tertiary/aromatic N) is 1. The normalized spacial score (nSPS) is 10.4. The molecule has 1 aromatic rings. The number of carbonyl (C=O) groups excluding carboxylic acids is 1. The van der Waals surface area contributed by atoms with Crippen LogP contribution in [0.4, 0.5) is 4.39 Å². The maximum absolute atomic E-state index is 13.6. The maximum atomic E-state index is 13.6. The van der Waals surface area contributed by atoms with Crippen molar-refractivity contribution in [2.24, 2.45) is 0 Å². The Bertz CT molecular complexity index is 414. The Kier molecular flexibility index (Phi) is 6.65. The molecule has 0 aliphatic heterocycles. The van der Waals surface area contributed by atoms with E-state index in [4.69, 9.17) is 11.6 Å². The lowest BCUT2D eigenvalue weighted by atomic mass is 10.1. The lowest BCUT2D eigenvalue weighted by molar-refractivity contribution is 0.0788. The number of unbranched alkanes of at least 4 members (excludes halogenated alkanes) is 2. The van der Waals surface area contributed by atoms with Gasteiger partial charge < -0.3 is 4.90 Å². The Balaban J connectivity index is 2.57. The molecule has 0 saturated heterocycles. The minimum atomic E-state index is -0.570. The number of hydrogen-bond acceptors (Lipinski definition) is 1. The highest BCUT2D eigenvalue weighted by Crippen LogP contribution is 2.16. The summed E-state index contributed by atoms with van der Waals surface area (Å²) in [6, 6.07) is 4.11. The number of rotatable bonds is 6. The lowest BCUT2D eigenvalue weighted by Gasteiger charge is -2.17. The van der Waals surface area contributed by atoms with Gasteiger partial charge in [-0.3, -0.25) is 4.79 Å². The van der Waals surface area contributed by atoms with E-state index in [0.717, 1.165) is 30.7 Å². The van der Waals surface area contributed by atoms with Gasteiger partial charge in [-0.1, -0.05) is 34.0 Å². The highest BCUT2D eigenvalue weighted by atomic mass is 79.9. The summed E-state index contributed by atoms with van der Waals surface area (Å²) in [6.07, 6.45) is 3.05. The second-order valence-corrected chi connectivity index (χ2v) is 5.33. The maximum Gasteiger partial charge on any atom is 0.256 e. The molecule has 0 spiro atoms. The first kappa shape index (κ1) is 15.4. The second kappa shape index (κ2) is 7.74. The fourth-order valence-corrected chi connectivity index (χ4v) is 2.15. The van der Waals surface area contributed by atoms with Crippen LogP contribution in [-0.2, 0) is 0 Å². The third kappa shape index (κ3) is 4.58. The highest BCUT2D eigenvalue weighted by Gasteiger charge is 2.15. The van der Waals surface area contributed by atoms with E-state index in [0.29, 0.717) is 11.6 Å². The molecule has 0 aliphatic rings. The summed E-state index contributed by atoms with van der Waals surface area (Å²) in [4.78, 5) is 13.5. The molecule has 2 nitrogen and oxygen atoms in total. The summed E-state index contributed by atoms with van der Waals surface area (Å²) in [5, 5.41) is 1.26. The van der Waals surface area contributed by atoms with Crippen LogP contribution < -0.4 is 0 Å². The molecule has 0 fully saturated rings. The summed E-state index contributed by atoms with van der Waals surface area (Å²) in [6.45, 7) is 0.633. The predicted molar refractivity (Wildman–Crippen MR) is 76.0 cm³/mol. The van der Waals surface area contributed by atoms with Gasteiger partial charge in [0.15, 0.2) is 0 Å². The van der Waals surface area contributed by atoms with Gasteiger partial charge in [0, 0.05) is 23.9 Å². The smallest absolute Gasteiger partial charge is 0.256 e. The summed E-state index contributed by atoms with van der Waals surface area (Å²) < 4.78 is 13.6. The van der Waals surface area contributed by atoms with Gasteiger partial charge in [-0.2, -0.15) is 0 Å². The summed E-state index contributed by atoms with van der Waals surface area (Å²) in [7, 11) is 1.69. The summed E-state index contributed by atoms with van der Waals surface area (Å²) in [5.74, 6) is -0.872. The topological polar surface area (TPSA) is 20.3 Å². The van der Waals surface area contributed by atoms with Gasteiger partial charge in [0.25, 0.3) is 5.91 Å². The van der Waals surface area contributed by atoms with E-state index in [2.05, 4.69) is 15.9 Å². The minimum Gasteiger partial charge on any atom is -0.342 e. The van der Waals surface area contributed by atoms with E-state index in [1.54, 1.807) is 11.9 Å².